The van der Waals surface area contributed by atoms with Crippen molar-refractivity contribution in [1.29, 1.82) is 0 Å². The second kappa shape index (κ2) is 8.97. The number of nitrogens with zero attached hydrogens (tertiary/aromatic N) is 1. The third-order valence-electron chi connectivity index (χ3n) is 4.31. The monoisotopic (exact) mass is 366 g/mol. The standard InChI is InChI=1S/C22H26N2OS/c1-16(2)19-13-18(20-15-26-22(24-20)11-12-23-3)9-10-21(19)25-14-17-7-5-4-6-8-17/h4-10,13,15-16,23H,11-12,14H2,1-3H3. The molecule has 1 aromatic heterocycles. The lowest BCUT2D eigenvalue weighted by Crippen LogP contribution is -2.09. The minimum atomic E-state index is 0.392. The maximum atomic E-state index is 6.11. The van der Waals surface area contributed by atoms with Crippen LogP contribution in [-0.4, -0.2) is 18.6 Å². The van der Waals surface area contributed by atoms with E-state index in [0.29, 0.717) is 12.5 Å². The van der Waals surface area contributed by atoms with Crippen molar-refractivity contribution in [3.63, 3.8) is 0 Å². The summed E-state index contributed by atoms with van der Waals surface area (Å²) in [6, 6.07) is 16.7. The molecule has 0 spiro atoms. The van der Waals surface area contributed by atoms with E-state index in [-0.39, 0.29) is 0 Å². The minimum absolute atomic E-state index is 0.392. The third-order valence-corrected chi connectivity index (χ3v) is 5.21. The van der Waals surface area contributed by atoms with Crippen molar-refractivity contribution in [3.8, 4) is 17.0 Å². The van der Waals surface area contributed by atoms with Crippen LogP contribution < -0.4 is 10.1 Å². The van der Waals surface area contributed by atoms with Gasteiger partial charge in [-0.15, -0.1) is 11.3 Å². The van der Waals surface area contributed by atoms with Crippen molar-refractivity contribution in [3.05, 3.63) is 70.0 Å². The Balaban J connectivity index is 1.79. The zero-order chi connectivity index (χ0) is 18.4. The third kappa shape index (κ3) is 4.71. The molecule has 4 heteroatoms. The molecule has 0 saturated carbocycles. The molecule has 0 fully saturated rings. The first-order valence-corrected chi connectivity index (χ1v) is 9.95. The summed E-state index contributed by atoms with van der Waals surface area (Å²) in [7, 11) is 1.97. The molecule has 0 atom stereocenters. The summed E-state index contributed by atoms with van der Waals surface area (Å²) in [5.74, 6) is 1.35. The van der Waals surface area contributed by atoms with Crippen molar-refractivity contribution in [2.75, 3.05) is 13.6 Å². The molecule has 1 N–H and O–H groups in total. The molecule has 136 valence electrons. The Hall–Kier alpha value is -2.17. The van der Waals surface area contributed by atoms with Gasteiger partial charge in [0.2, 0.25) is 0 Å². The van der Waals surface area contributed by atoms with E-state index in [1.807, 2.05) is 25.2 Å². The molecule has 0 radical (unpaired) electrons. The Morgan fingerprint density at radius 1 is 1.12 bits per heavy atom. The molecule has 2 aromatic carbocycles. The molecule has 0 aliphatic rings. The molecule has 0 aliphatic carbocycles. The fourth-order valence-electron chi connectivity index (χ4n) is 2.82. The van der Waals surface area contributed by atoms with Crippen molar-refractivity contribution >= 4 is 11.3 Å². The second-order valence-corrected chi connectivity index (χ2v) is 7.60. The number of likely N-dealkylation sites (N-methyl/N-ethyl adjacent to an activating group) is 1. The first kappa shape index (κ1) is 18.6. The number of benzene rings is 2. The Morgan fingerprint density at radius 2 is 1.92 bits per heavy atom. The largest absolute Gasteiger partial charge is 0.489 e. The second-order valence-electron chi connectivity index (χ2n) is 6.66. The van der Waals surface area contributed by atoms with Gasteiger partial charge in [0.1, 0.15) is 12.4 Å². The lowest BCUT2D eigenvalue weighted by Gasteiger charge is -2.15. The van der Waals surface area contributed by atoms with Crippen LogP contribution in [0.5, 0.6) is 5.75 Å². The van der Waals surface area contributed by atoms with E-state index in [1.54, 1.807) is 11.3 Å². The van der Waals surface area contributed by atoms with E-state index in [0.717, 1.165) is 30.0 Å². The molecule has 0 saturated heterocycles. The SMILES string of the molecule is CNCCc1nc(-c2ccc(OCc3ccccc3)c(C(C)C)c2)cs1. The first-order chi connectivity index (χ1) is 12.7. The maximum absolute atomic E-state index is 6.11. The highest BCUT2D eigenvalue weighted by molar-refractivity contribution is 7.09. The molecule has 1 heterocycles. The fourth-order valence-corrected chi connectivity index (χ4v) is 3.62. The van der Waals surface area contributed by atoms with Crippen molar-refractivity contribution in [1.82, 2.24) is 10.3 Å². The van der Waals surface area contributed by atoms with Gasteiger partial charge < -0.3 is 10.1 Å². The predicted molar refractivity (Wildman–Crippen MR) is 110 cm³/mol. The lowest BCUT2D eigenvalue weighted by atomic mass is 9.98. The number of thiazole rings is 1. The van der Waals surface area contributed by atoms with Gasteiger partial charge in [-0.25, -0.2) is 4.98 Å². The maximum Gasteiger partial charge on any atom is 0.123 e. The van der Waals surface area contributed by atoms with Gasteiger partial charge in [-0.3, -0.25) is 0 Å². The van der Waals surface area contributed by atoms with Gasteiger partial charge in [-0.2, -0.15) is 0 Å². The highest BCUT2D eigenvalue weighted by atomic mass is 32.1. The summed E-state index contributed by atoms with van der Waals surface area (Å²) in [5, 5.41) is 6.49. The van der Waals surface area contributed by atoms with Crippen molar-refractivity contribution < 1.29 is 4.74 Å². The van der Waals surface area contributed by atoms with E-state index in [9.17, 15) is 0 Å². The molecular weight excluding hydrogens is 340 g/mol. The zero-order valence-corrected chi connectivity index (χ0v) is 16.5. The predicted octanol–water partition coefficient (Wildman–Crippen LogP) is 5.27. The molecule has 26 heavy (non-hydrogen) atoms. The summed E-state index contributed by atoms with van der Waals surface area (Å²) >= 11 is 1.73. The highest BCUT2D eigenvalue weighted by Crippen LogP contribution is 2.32. The van der Waals surface area contributed by atoms with Gasteiger partial charge >= 0.3 is 0 Å². The molecule has 0 aliphatic heterocycles. The van der Waals surface area contributed by atoms with Crippen LogP contribution in [0.2, 0.25) is 0 Å². The van der Waals surface area contributed by atoms with Gasteiger partial charge in [0.15, 0.2) is 0 Å². The number of hydrogen-bond donors (Lipinski definition) is 1. The van der Waals surface area contributed by atoms with Crippen LogP contribution in [0.3, 0.4) is 0 Å². The van der Waals surface area contributed by atoms with E-state index in [4.69, 9.17) is 9.72 Å². The van der Waals surface area contributed by atoms with Crippen LogP contribution in [-0.2, 0) is 13.0 Å². The normalized spacial score (nSPS) is 11.1. The molecule has 0 amide bonds. The molecule has 3 rings (SSSR count). The Labute approximate surface area is 160 Å². The Bertz CT molecular complexity index is 827. The summed E-state index contributed by atoms with van der Waals surface area (Å²) in [4.78, 5) is 4.78. The average Bonchev–Trinajstić information content (AvgIpc) is 3.14. The van der Waals surface area contributed by atoms with E-state index in [2.05, 4.69) is 54.9 Å². The van der Waals surface area contributed by atoms with Gasteiger partial charge in [0.05, 0.1) is 10.7 Å². The van der Waals surface area contributed by atoms with Crippen LogP contribution >= 0.6 is 11.3 Å². The average molecular weight is 367 g/mol. The fraction of sp³-hybridized carbons (Fsp3) is 0.318. The topological polar surface area (TPSA) is 34.2 Å². The summed E-state index contributed by atoms with van der Waals surface area (Å²) in [5.41, 5.74) is 4.62. The van der Waals surface area contributed by atoms with Crippen molar-refractivity contribution in [2.24, 2.45) is 0 Å². The zero-order valence-electron chi connectivity index (χ0n) is 15.7. The van der Waals surface area contributed by atoms with Gasteiger partial charge in [0, 0.05) is 23.9 Å². The smallest absolute Gasteiger partial charge is 0.123 e. The number of aromatic nitrogens is 1. The lowest BCUT2D eigenvalue weighted by molar-refractivity contribution is 0.302. The van der Waals surface area contributed by atoms with Crippen LogP contribution in [0.4, 0.5) is 0 Å². The van der Waals surface area contributed by atoms with Gasteiger partial charge in [-0.1, -0.05) is 44.2 Å². The Morgan fingerprint density at radius 3 is 2.65 bits per heavy atom. The van der Waals surface area contributed by atoms with Gasteiger partial charge in [-0.05, 0) is 42.3 Å². The van der Waals surface area contributed by atoms with E-state index >= 15 is 0 Å². The number of hydrogen-bond acceptors (Lipinski definition) is 4. The molecule has 3 nitrogen and oxygen atoms in total. The molecule has 0 bridgehead atoms. The summed E-state index contributed by atoms with van der Waals surface area (Å²) < 4.78 is 6.11. The summed E-state index contributed by atoms with van der Waals surface area (Å²) in [6.07, 6.45) is 0.969. The number of ether oxygens (including phenoxy) is 1. The molecule has 3 aromatic rings. The van der Waals surface area contributed by atoms with E-state index in [1.165, 1.54) is 16.1 Å². The molecule has 0 unspecified atom stereocenters. The first-order valence-electron chi connectivity index (χ1n) is 9.07. The Kier molecular flexibility index (Phi) is 6.42. The summed E-state index contributed by atoms with van der Waals surface area (Å²) in [6.45, 7) is 5.95. The van der Waals surface area contributed by atoms with Crippen LogP contribution in [0.1, 0.15) is 35.9 Å². The van der Waals surface area contributed by atoms with E-state index < -0.39 is 0 Å². The van der Waals surface area contributed by atoms with Crippen LogP contribution in [0.15, 0.2) is 53.9 Å². The quantitative estimate of drug-likeness (QED) is 0.589. The number of rotatable bonds is 8. The highest BCUT2D eigenvalue weighted by Gasteiger charge is 2.12. The van der Waals surface area contributed by atoms with Crippen molar-refractivity contribution in [2.45, 2.75) is 32.8 Å². The van der Waals surface area contributed by atoms with Crippen LogP contribution in [0.25, 0.3) is 11.3 Å². The van der Waals surface area contributed by atoms with Gasteiger partial charge in [0.25, 0.3) is 0 Å². The number of nitrogens with one attached hydrogen (secondary N) is 1. The molecular formula is C22H26N2OS. The minimum Gasteiger partial charge on any atom is -0.489 e. The van der Waals surface area contributed by atoms with Crippen LogP contribution in [0, 0.1) is 0 Å².